The summed E-state index contributed by atoms with van der Waals surface area (Å²) in [5.74, 6) is -0.495. The fraction of sp³-hybridized carbons (Fsp3) is 0.120. The van der Waals surface area contributed by atoms with Crippen molar-refractivity contribution in [3.05, 3.63) is 100 Å². The van der Waals surface area contributed by atoms with Crippen molar-refractivity contribution in [1.82, 2.24) is 9.55 Å². The molecule has 3 aromatic carbocycles. The molecule has 8 nitrogen and oxygen atoms in total. The lowest BCUT2D eigenvalue weighted by atomic mass is 10.1. The summed E-state index contributed by atoms with van der Waals surface area (Å²) in [6.45, 7) is 0.246. The molecule has 0 aliphatic rings. The summed E-state index contributed by atoms with van der Waals surface area (Å²) in [4.78, 5) is 40.8. The Morgan fingerprint density at radius 2 is 1.70 bits per heavy atom. The largest absolute Gasteiger partial charge is 0.497 e. The van der Waals surface area contributed by atoms with Gasteiger partial charge in [0.25, 0.3) is 5.56 Å². The van der Waals surface area contributed by atoms with E-state index >= 15 is 0 Å². The molecule has 2 N–H and O–H groups in total. The second-order valence-electron chi connectivity index (χ2n) is 7.48. The number of fused-ring (bicyclic) bond motifs is 1. The lowest BCUT2D eigenvalue weighted by molar-refractivity contribution is -0.115. The van der Waals surface area contributed by atoms with Gasteiger partial charge in [0.15, 0.2) is 0 Å². The van der Waals surface area contributed by atoms with E-state index in [2.05, 4.69) is 10.3 Å². The number of carbonyl (C=O) groups excluding carboxylic acids is 1. The second-order valence-corrected chi connectivity index (χ2v) is 7.48. The highest BCUT2D eigenvalue weighted by atomic mass is 16.5. The van der Waals surface area contributed by atoms with E-state index in [0.29, 0.717) is 16.6 Å². The number of nitrogens with one attached hydrogen (secondary N) is 1. The molecule has 0 atom stereocenters. The van der Waals surface area contributed by atoms with Crippen molar-refractivity contribution in [3.63, 3.8) is 0 Å². The number of amides is 1. The lowest BCUT2D eigenvalue weighted by Crippen LogP contribution is -2.21. The number of carboxylic acids is 1. The highest BCUT2D eigenvalue weighted by molar-refractivity contribution is 5.94. The first-order valence-electron chi connectivity index (χ1n) is 10.2. The van der Waals surface area contributed by atoms with Gasteiger partial charge < -0.3 is 15.2 Å². The van der Waals surface area contributed by atoms with E-state index in [4.69, 9.17) is 9.84 Å². The third-order valence-corrected chi connectivity index (χ3v) is 5.19. The van der Waals surface area contributed by atoms with Crippen LogP contribution in [0.2, 0.25) is 0 Å². The highest BCUT2D eigenvalue weighted by Gasteiger charge is 2.10. The summed E-state index contributed by atoms with van der Waals surface area (Å²) in [6.07, 6.45) is 1.64. The van der Waals surface area contributed by atoms with Crippen LogP contribution in [0, 0.1) is 0 Å². The van der Waals surface area contributed by atoms with Gasteiger partial charge in [-0.2, -0.15) is 0 Å². The molecule has 8 heteroatoms. The van der Waals surface area contributed by atoms with Crippen LogP contribution in [0.4, 0.5) is 5.69 Å². The van der Waals surface area contributed by atoms with Crippen molar-refractivity contribution in [1.29, 1.82) is 0 Å². The normalized spacial score (nSPS) is 10.7. The smallest absolute Gasteiger partial charge is 0.335 e. The topological polar surface area (TPSA) is 111 Å². The first-order chi connectivity index (χ1) is 15.9. The zero-order valence-electron chi connectivity index (χ0n) is 17.8. The molecule has 0 spiro atoms. The van der Waals surface area contributed by atoms with Crippen molar-refractivity contribution in [3.8, 4) is 5.75 Å². The summed E-state index contributed by atoms with van der Waals surface area (Å²) in [6, 6.07) is 18.5. The van der Waals surface area contributed by atoms with Crippen molar-refractivity contribution in [2.75, 3.05) is 12.4 Å². The quantitative estimate of drug-likeness (QED) is 0.453. The van der Waals surface area contributed by atoms with Gasteiger partial charge in [-0.25, -0.2) is 9.78 Å². The van der Waals surface area contributed by atoms with Crippen LogP contribution in [-0.4, -0.2) is 33.6 Å². The van der Waals surface area contributed by atoms with Crippen molar-refractivity contribution < 1.29 is 19.4 Å². The van der Waals surface area contributed by atoms with Gasteiger partial charge in [-0.3, -0.25) is 14.2 Å². The van der Waals surface area contributed by atoms with Crippen LogP contribution in [0.3, 0.4) is 0 Å². The van der Waals surface area contributed by atoms with Gasteiger partial charge in [-0.15, -0.1) is 0 Å². The van der Waals surface area contributed by atoms with E-state index in [1.54, 1.807) is 49.6 Å². The predicted octanol–water partition coefficient (Wildman–Crippen LogP) is 3.33. The van der Waals surface area contributed by atoms with Crippen molar-refractivity contribution in [2.45, 2.75) is 13.0 Å². The molecule has 1 aromatic heterocycles. The molecule has 0 aliphatic heterocycles. The minimum Gasteiger partial charge on any atom is -0.497 e. The van der Waals surface area contributed by atoms with Gasteiger partial charge in [-0.1, -0.05) is 24.3 Å². The Morgan fingerprint density at radius 3 is 2.36 bits per heavy atom. The maximum absolute atomic E-state index is 13.0. The minimum absolute atomic E-state index is 0.178. The van der Waals surface area contributed by atoms with Crippen LogP contribution in [0.5, 0.6) is 5.75 Å². The highest BCUT2D eigenvalue weighted by Crippen LogP contribution is 2.16. The molecule has 33 heavy (non-hydrogen) atoms. The first-order valence-corrected chi connectivity index (χ1v) is 10.2. The number of anilines is 1. The van der Waals surface area contributed by atoms with Crippen LogP contribution in [0.25, 0.3) is 10.9 Å². The fourth-order valence-electron chi connectivity index (χ4n) is 3.43. The molecule has 0 unspecified atom stereocenters. The molecule has 0 fully saturated rings. The number of methoxy groups -OCH3 is 1. The van der Waals surface area contributed by atoms with E-state index in [-0.39, 0.29) is 30.0 Å². The standard InChI is InChI=1S/C25H21N3O5/c1-33-20-9-4-16(5-10-20)12-23(29)27-19-8-11-22-21(13-19)24(30)28(15-26-22)14-17-2-6-18(7-3-17)25(31)32/h2-11,13,15H,12,14H2,1H3,(H,27,29)(H,31,32). The Bertz CT molecular complexity index is 1380. The van der Waals surface area contributed by atoms with Gasteiger partial charge in [0.1, 0.15) is 5.75 Å². The van der Waals surface area contributed by atoms with E-state index < -0.39 is 5.97 Å². The Balaban J connectivity index is 1.52. The SMILES string of the molecule is COc1ccc(CC(=O)Nc2ccc3ncn(Cc4ccc(C(=O)O)cc4)c(=O)c3c2)cc1. The number of hydrogen-bond donors (Lipinski definition) is 2. The number of aromatic nitrogens is 2. The molecule has 0 saturated carbocycles. The molecule has 166 valence electrons. The second kappa shape index (κ2) is 9.35. The Hall–Kier alpha value is -4.46. The predicted molar refractivity (Wildman–Crippen MR) is 124 cm³/mol. The van der Waals surface area contributed by atoms with Crippen LogP contribution in [0.1, 0.15) is 21.5 Å². The lowest BCUT2D eigenvalue weighted by Gasteiger charge is -2.09. The number of carboxylic acid groups (broad SMARTS) is 1. The monoisotopic (exact) mass is 443 g/mol. The zero-order valence-corrected chi connectivity index (χ0v) is 17.8. The number of ether oxygens (including phenoxy) is 1. The number of carbonyl (C=O) groups is 2. The minimum atomic E-state index is -1.01. The Morgan fingerprint density at radius 1 is 1.00 bits per heavy atom. The van der Waals surface area contributed by atoms with Gasteiger partial charge in [0.2, 0.25) is 5.91 Å². The number of aromatic carboxylic acids is 1. The van der Waals surface area contributed by atoms with E-state index in [9.17, 15) is 14.4 Å². The number of nitrogens with zero attached hydrogens (tertiary/aromatic N) is 2. The summed E-state index contributed by atoms with van der Waals surface area (Å²) in [7, 11) is 1.58. The van der Waals surface area contributed by atoms with Gasteiger partial charge in [0.05, 0.1) is 42.9 Å². The van der Waals surface area contributed by atoms with Crippen LogP contribution in [-0.2, 0) is 17.8 Å². The summed E-state index contributed by atoms with van der Waals surface area (Å²) >= 11 is 0. The number of hydrogen-bond acceptors (Lipinski definition) is 5. The molecule has 1 amide bonds. The van der Waals surface area contributed by atoms with Gasteiger partial charge in [-0.05, 0) is 53.6 Å². The average molecular weight is 443 g/mol. The van der Waals surface area contributed by atoms with E-state index in [1.807, 2.05) is 12.1 Å². The maximum atomic E-state index is 13.0. The molecular formula is C25H21N3O5. The van der Waals surface area contributed by atoms with E-state index in [1.165, 1.54) is 23.0 Å². The number of benzene rings is 3. The van der Waals surface area contributed by atoms with Gasteiger partial charge >= 0.3 is 5.97 Å². The maximum Gasteiger partial charge on any atom is 0.335 e. The molecule has 0 bridgehead atoms. The molecule has 0 radical (unpaired) electrons. The molecule has 4 aromatic rings. The number of rotatable bonds is 7. The molecule has 1 heterocycles. The third-order valence-electron chi connectivity index (χ3n) is 5.19. The molecular weight excluding hydrogens is 422 g/mol. The average Bonchev–Trinajstić information content (AvgIpc) is 2.82. The molecule has 4 rings (SSSR count). The summed E-state index contributed by atoms with van der Waals surface area (Å²) in [5.41, 5.74) is 2.56. The van der Waals surface area contributed by atoms with Crippen molar-refractivity contribution in [2.24, 2.45) is 0 Å². The summed E-state index contributed by atoms with van der Waals surface area (Å²) < 4.78 is 6.57. The molecule has 0 aliphatic carbocycles. The third kappa shape index (κ3) is 5.07. The van der Waals surface area contributed by atoms with Crippen LogP contribution < -0.4 is 15.6 Å². The Labute approximate surface area is 189 Å². The van der Waals surface area contributed by atoms with Crippen LogP contribution >= 0.6 is 0 Å². The fourth-order valence-corrected chi connectivity index (χ4v) is 3.43. The van der Waals surface area contributed by atoms with E-state index in [0.717, 1.165) is 16.9 Å². The van der Waals surface area contributed by atoms with Crippen molar-refractivity contribution >= 4 is 28.5 Å². The zero-order chi connectivity index (χ0) is 23.4. The van der Waals surface area contributed by atoms with Crippen LogP contribution in [0.15, 0.2) is 77.9 Å². The Kier molecular flexibility index (Phi) is 6.17. The molecule has 0 saturated heterocycles. The first kappa shape index (κ1) is 21.8. The van der Waals surface area contributed by atoms with Gasteiger partial charge in [0, 0.05) is 5.69 Å². The summed E-state index contributed by atoms with van der Waals surface area (Å²) in [5, 5.41) is 12.2.